The van der Waals surface area contributed by atoms with E-state index in [-0.39, 0.29) is 41.5 Å². The molecule has 1 aromatic carbocycles. The Hall–Kier alpha value is -2.41. The van der Waals surface area contributed by atoms with Crippen LogP contribution >= 0.6 is 15.9 Å². The summed E-state index contributed by atoms with van der Waals surface area (Å²) in [5.41, 5.74) is 0.653. The van der Waals surface area contributed by atoms with E-state index in [4.69, 9.17) is 9.47 Å². The summed E-state index contributed by atoms with van der Waals surface area (Å²) in [5.74, 6) is 1.22. The number of anilines is 1. The molecule has 0 radical (unpaired) electrons. The molecule has 0 aromatic heterocycles. The van der Waals surface area contributed by atoms with Crippen LogP contribution in [0.2, 0.25) is 0 Å². The number of hydrogen-bond donors (Lipinski definition) is 0. The maximum Gasteiger partial charge on any atom is 0.322 e. The number of allylic oxidation sites excluding steroid dienone is 4. The number of hydrogen-bond acceptors (Lipinski definition) is 5. The van der Waals surface area contributed by atoms with Gasteiger partial charge in [0.15, 0.2) is 0 Å². The van der Waals surface area contributed by atoms with Crippen LogP contribution in [0.5, 0.6) is 5.75 Å². The average Bonchev–Trinajstić information content (AvgIpc) is 3.17. The van der Waals surface area contributed by atoms with E-state index in [1.165, 1.54) is 37.0 Å². The number of ether oxygens (including phenoxy) is 2. The van der Waals surface area contributed by atoms with Crippen LogP contribution in [0, 0.1) is 35.5 Å². The predicted octanol–water partition coefficient (Wildman–Crippen LogP) is 7.02. The molecule has 6 unspecified atom stereocenters. The first kappa shape index (κ1) is 29.1. The van der Waals surface area contributed by atoms with Crippen molar-refractivity contribution in [2.45, 2.75) is 76.0 Å². The fourth-order valence-corrected chi connectivity index (χ4v) is 6.92. The molecule has 5 aliphatic rings. The van der Waals surface area contributed by atoms with Crippen LogP contribution in [-0.2, 0) is 19.1 Å². The van der Waals surface area contributed by atoms with Crippen molar-refractivity contribution in [3.05, 3.63) is 48.6 Å². The highest BCUT2D eigenvalue weighted by molar-refractivity contribution is 9.10. The van der Waals surface area contributed by atoms with Gasteiger partial charge in [-0.3, -0.25) is 19.3 Å². The van der Waals surface area contributed by atoms with Gasteiger partial charge >= 0.3 is 5.97 Å². The molecule has 2 fully saturated rings. The van der Waals surface area contributed by atoms with E-state index >= 15 is 0 Å². The summed E-state index contributed by atoms with van der Waals surface area (Å²) in [6.07, 6.45) is 19.0. The number of imide groups is 1. The first-order chi connectivity index (χ1) is 19.3. The van der Waals surface area contributed by atoms with Crippen molar-refractivity contribution in [3.63, 3.8) is 0 Å². The lowest BCUT2D eigenvalue weighted by Gasteiger charge is -2.51. The van der Waals surface area contributed by atoms with Gasteiger partial charge in [0.1, 0.15) is 10.1 Å². The number of amides is 2. The minimum absolute atomic E-state index is 0.0401. The maximum atomic E-state index is 13.3. The number of alkyl halides is 1. The molecule has 2 amide bonds. The normalized spacial score (nSPS) is 27.9. The standard InChI is InChI=1S/C33H42BrNO5/c1-33(2,34)32(38)40-21-11-9-7-5-3-4-6-8-10-20-39-23-14-12-22(13-15-23)35-30(36)28-26-18-19-27(29(28)31(35)37)25-17-16-24(25)26/h12-19,24-29H,3-11,20-21H2,1-2H3. The lowest BCUT2D eigenvalue weighted by atomic mass is 9.50. The van der Waals surface area contributed by atoms with Crippen molar-refractivity contribution in [1.29, 1.82) is 0 Å². The van der Waals surface area contributed by atoms with Crippen LogP contribution < -0.4 is 9.64 Å². The van der Waals surface area contributed by atoms with Crippen molar-refractivity contribution >= 4 is 39.4 Å². The molecule has 1 saturated carbocycles. The Labute approximate surface area is 246 Å². The lowest BCUT2D eigenvalue weighted by molar-refractivity contribution is -0.145. The monoisotopic (exact) mass is 611 g/mol. The Balaban J connectivity index is 0.934. The van der Waals surface area contributed by atoms with Crippen molar-refractivity contribution in [2.75, 3.05) is 18.1 Å². The molecule has 0 spiro atoms. The summed E-state index contributed by atoms with van der Waals surface area (Å²) in [5, 5.41) is 0. The third-order valence-electron chi connectivity index (χ3n) is 9.04. The molecular weight excluding hydrogens is 570 g/mol. The van der Waals surface area contributed by atoms with Gasteiger partial charge in [0.25, 0.3) is 0 Å². The Morgan fingerprint density at radius 3 is 1.65 bits per heavy atom. The summed E-state index contributed by atoms with van der Waals surface area (Å²) < 4.78 is 10.6. The van der Waals surface area contributed by atoms with Crippen molar-refractivity contribution in [3.8, 4) is 5.75 Å². The molecule has 1 aliphatic heterocycles. The van der Waals surface area contributed by atoms with Gasteiger partial charge in [-0.2, -0.15) is 0 Å². The molecule has 1 heterocycles. The second-order valence-corrected chi connectivity index (χ2v) is 14.3. The third-order valence-corrected chi connectivity index (χ3v) is 9.37. The second-order valence-electron chi connectivity index (χ2n) is 12.3. The number of carbonyl (C=O) groups is 3. The van der Waals surface area contributed by atoms with Crippen LogP contribution in [0.3, 0.4) is 0 Å². The Kier molecular flexibility index (Phi) is 9.18. The lowest BCUT2D eigenvalue weighted by Crippen LogP contribution is -2.50. The van der Waals surface area contributed by atoms with Gasteiger partial charge in [-0.15, -0.1) is 0 Å². The molecule has 2 bridgehead atoms. The minimum atomic E-state index is -0.603. The van der Waals surface area contributed by atoms with E-state index in [1.807, 2.05) is 24.3 Å². The Morgan fingerprint density at radius 1 is 0.725 bits per heavy atom. The van der Waals surface area contributed by atoms with Gasteiger partial charge in [0, 0.05) is 0 Å². The van der Waals surface area contributed by atoms with Gasteiger partial charge in [0.05, 0.1) is 30.7 Å². The topological polar surface area (TPSA) is 72.9 Å². The minimum Gasteiger partial charge on any atom is -0.494 e. The number of esters is 1. The van der Waals surface area contributed by atoms with Crippen LogP contribution in [-0.4, -0.2) is 35.3 Å². The molecule has 1 aromatic rings. The predicted molar refractivity (Wildman–Crippen MR) is 159 cm³/mol. The van der Waals surface area contributed by atoms with E-state index < -0.39 is 4.32 Å². The molecule has 6 rings (SSSR count). The largest absolute Gasteiger partial charge is 0.494 e. The number of carbonyl (C=O) groups excluding carboxylic acids is 3. The summed E-state index contributed by atoms with van der Waals surface area (Å²) in [4.78, 5) is 39.8. The maximum absolute atomic E-state index is 13.3. The van der Waals surface area contributed by atoms with E-state index in [9.17, 15) is 14.4 Å². The highest BCUT2D eigenvalue weighted by Gasteiger charge is 2.63. The van der Waals surface area contributed by atoms with E-state index in [1.54, 1.807) is 13.8 Å². The Morgan fingerprint density at radius 2 is 1.18 bits per heavy atom. The fourth-order valence-electron chi connectivity index (χ4n) is 6.80. The molecule has 6 nitrogen and oxygen atoms in total. The van der Waals surface area contributed by atoms with E-state index in [0.717, 1.165) is 31.4 Å². The third kappa shape index (κ3) is 6.09. The number of benzene rings is 1. The Bertz CT molecular complexity index is 1100. The SMILES string of the molecule is CC(C)(Br)C(=O)OCCCCCCCCCCCOc1ccc(N2C(=O)C3C4C=CC(C5C=CC54)C3C2=O)cc1. The van der Waals surface area contributed by atoms with Crippen LogP contribution in [0.1, 0.15) is 71.6 Å². The fraction of sp³-hybridized carbons (Fsp3) is 0.606. The van der Waals surface area contributed by atoms with Gasteiger partial charge < -0.3 is 9.47 Å². The van der Waals surface area contributed by atoms with Gasteiger partial charge in [0.2, 0.25) is 11.8 Å². The van der Waals surface area contributed by atoms with Gasteiger partial charge in [-0.25, -0.2) is 0 Å². The summed E-state index contributed by atoms with van der Waals surface area (Å²) in [7, 11) is 0. The highest BCUT2D eigenvalue weighted by Crippen LogP contribution is 2.59. The molecule has 6 atom stereocenters. The van der Waals surface area contributed by atoms with Crippen LogP contribution in [0.25, 0.3) is 0 Å². The van der Waals surface area contributed by atoms with Crippen molar-refractivity contribution < 1.29 is 23.9 Å². The molecule has 0 N–H and O–H groups in total. The molecule has 4 aliphatic carbocycles. The smallest absolute Gasteiger partial charge is 0.322 e. The summed E-state index contributed by atoms with van der Waals surface area (Å²) in [6.45, 7) is 4.77. The van der Waals surface area contributed by atoms with E-state index in [2.05, 4.69) is 40.2 Å². The number of halogens is 1. The number of rotatable bonds is 15. The van der Waals surface area contributed by atoms with E-state index in [0.29, 0.717) is 30.7 Å². The van der Waals surface area contributed by atoms with Crippen molar-refractivity contribution in [1.82, 2.24) is 0 Å². The van der Waals surface area contributed by atoms with Crippen LogP contribution in [0.15, 0.2) is 48.6 Å². The van der Waals surface area contributed by atoms with Gasteiger partial charge in [-0.05, 0) is 74.6 Å². The highest BCUT2D eigenvalue weighted by atomic mass is 79.9. The first-order valence-corrected chi connectivity index (χ1v) is 15.9. The summed E-state index contributed by atoms with van der Waals surface area (Å²) in [6, 6.07) is 7.43. The zero-order chi connectivity index (χ0) is 28.3. The summed E-state index contributed by atoms with van der Waals surface area (Å²) >= 11 is 3.32. The number of unbranched alkanes of at least 4 members (excludes halogenated alkanes) is 8. The van der Waals surface area contributed by atoms with Crippen molar-refractivity contribution in [2.24, 2.45) is 35.5 Å². The quantitative estimate of drug-likeness (QED) is 0.0700. The molecule has 7 heteroatoms. The van der Waals surface area contributed by atoms with Gasteiger partial charge in [-0.1, -0.05) is 85.2 Å². The van der Waals surface area contributed by atoms with Crippen LogP contribution in [0.4, 0.5) is 5.69 Å². The zero-order valence-electron chi connectivity index (χ0n) is 23.7. The number of nitrogens with zero attached hydrogens (tertiary/aromatic N) is 1. The molecule has 216 valence electrons. The molecule has 40 heavy (non-hydrogen) atoms. The molecule has 1 saturated heterocycles. The second kappa shape index (κ2) is 12.6. The zero-order valence-corrected chi connectivity index (χ0v) is 25.3. The average molecular weight is 613 g/mol. The molecular formula is C33H42BrNO5. The first-order valence-electron chi connectivity index (χ1n) is 15.1.